The van der Waals surface area contributed by atoms with Crippen LogP contribution in [0.25, 0.3) is 5.65 Å². The summed E-state index contributed by atoms with van der Waals surface area (Å²) >= 11 is 1.56. The van der Waals surface area contributed by atoms with Crippen LogP contribution in [-0.4, -0.2) is 26.1 Å². The van der Waals surface area contributed by atoms with Crippen molar-refractivity contribution in [2.75, 3.05) is 5.88 Å². The van der Waals surface area contributed by atoms with Crippen LogP contribution in [0.3, 0.4) is 0 Å². The summed E-state index contributed by atoms with van der Waals surface area (Å²) in [6, 6.07) is 7.82. The van der Waals surface area contributed by atoms with Crippen LogP contribution in [0, 0.1) is 0 Å². The maximum absolute atomic E-state index is 13.0. The minimum atomic E-state index is -2.65. The highest BCUT2D eigenvalue weighted by molar-refractivity contribution is 7.99. The Morgan fingerprint density at radius 3 is 2.96 bits per heavy atom. The lowest BCUT2D eigenvalue weighted by molar-refractivity contribution is 0.145. The van der Waals surface area contributed by atoms with Gasteiger partial charge >= 0.3 is 0 Å². The molecule has 0 aliphatic carbocycles. The lowest BCUT2D eigenvalue weighted by Gasteiger charge is -2.17. The van der Waals surface area contributed by atoms with Gasteiger partial charge in [-0.05, 0) is 23.8 Å². The second kappa shape index (κ2) is 7.45. The summed E-state index contributed by atoms with van der Waals surface area (Å²) in [5.41, 5.74) is 7.39. The van der Waals surface area contributed by atoms with Gasteiger partial charge in [-0.15, -0.1) is 11.8 Å². The van der Waals surface area contributed by atoms with E-state index >= 15 is 0 Å². The molecule has 3 heterocycles. The third-order valence-electron chi connectivity index (χ3n) is 4.10. The average Bonchev–Trinajstić information content (AvgIpc) is 3.12. The minimum absolute atomic E-state index is 0.193. The lowest BCUT2D eigenvalue weighted by atomic mass is 10.1. The number of nitrogens with one attached hydrogen (secondary N) is 1. The van der Waals surface area contributed by atoms with Crippen LogP contribution in [0.5, 0.6) is 0 Å². The topological polar surface area (TPSA) is 80.6 Å². The van der Waals surface area contributed by atoms with Crippen molar-refractivity contribution in [3.8, 4) is 0 Å². The van der Waals surface area contributed by atoms with E-state index < -0.39 is 6.43 Å². The van der Waals surface area contributed by atoms with Crippen molar-refractivity contribution in [1.82, 2.24) is 19.7 Å². The third-order valence-corrected chi connectivity index (χ3v) is 4.85. The maximum Gasteiger partial charge on any atom is 0.281 e. The molecule has 0 saturated carbocycles. The quantitative estimate of drug-likeness (QED) is 0.520. The first-order chi connectivity index (χ1) is 13.2. The van der Waals surface area contributed by atoms with Gasteiger partial charge in [-0.1, -0.05) is 12.1 Å². The van der Waals surface area contributed by atoms with Crippen LogP contribution in [0.4, 0.5) is 8.78 Å². The van der Waals surface area contributed by atoms with Crippen LogP contribution in [-0.2, 0) is 0 Å². The molecule has 3 N–H and O–H groups in total. The van der Waals surface area contributed by atoms with E-state index in [2.05, 4.69) is 15.3 Å². The number of fused-ring (bicyclic) bond motifs is 1. The molecule has 4 rings (SSSR count). The monoisotopic (exact) mass is 386 g/mol. The van der Waals surface area contributed by atoms with E-state index in [1.807, 2.05) is 30.3 Å². The molecule has 2 aromatic heterocycles. The second-order valence-corrected chi connectivity index (χ2v) is 6.89. The predicted molar refractivity (Wildman–Crippen MR) is 101 cm³/mol. The van der Waals surface area contributed by atoms with Gasteiger partial charge in [0.25, 0.3) is 6.43 Å². The molecule has 1 unspecified atom stereocenters. The zero-order valence-electron chi connectivity index (χ0n) is 14.1. The van der Waals surface area contributed by atoms with Gasteiger partial charge in [0.1, 0.15) is 11.4 Å². The maximum atomic E-state index is 13.0. The molecular formula is C18H16F2N6S. The molecule has 0 saturated heterocycles. The largest absolute Gasteiger partial charge is 0.345 e. The number of hydrogen-bond donors (Lipinski definition) is 2. The highest BCUT2D eigenvalue weighted by Gasteiger charge is 2.18. The van der Waals surface area contributed by atoms with Gasteiger partial charge in [-0.25, -0.2) is 18.7 Å². The highest BCUT2D eigenvalue weighted by Crippen LogP contribution is 2.26. The van der Waals surface area contributed by atoms with Gasteiger partial charge in [-0.2, -0.15) is 0 Å². The molecule has 0 amide bonds. The molecule has 1 aliphatic heterocycles. The molecule has 1 aliphatic rings. The van der Waals surface area contributed by atoms with Crippen molar-refractivity contribution in [2.45, 2.75) is 17.4 Å². The molecule has 1 atom stereocenters. The summed E-state index contributed by atoms with van der Waals surface area (Å²) in [7, 11) is 0. The number of hydrogen-bond acceptors (Lipinski definition) is 6. The minimum Gasteiger partial charge on any atom is -0.345 e. The highest BCUT2D eigenvalue weighted by atomic mass is 32.2. The first-order valence-corrected chi connectivity index (χ1v) is 9.19. The van der Waals surface area contributed by atoms with Gasteiger partial charge in [0.15, 0.2) is 11.5 Å². The standard InChI is InChI=1S/C18H16F2N6S/c19-17(20)14-9-26-15(7-24-16(26)8-23-14)18-22-5-4-13(25-18)11-2-1-3-12(6-11)27-10-21/h1-9,13,17H,10,21H2,(H,22,25). The van der Waals surface area contributed by atoms with Crippen molar-refractivity contribution in [3.63, 3.8) is 0 Å². The number of nitrogens with zero attached hydrogens (tertiary/aromatic N) is 4. The van der Waals surface area contributed by atoms with E-state index in [4.69, 9.17) is 10.7 Å². The summed E-state index contributed by atoms with van der Waals surface area (Å²) in [5, 5.41) is 3.08. The lowest BCUT2D eigenvalue weighted by Crippen LogP contribution is -2.24. The van der Waals surface area contributed by atoms with Crippen LogP contribution in [0.1, 0.15) is 29.4 Å². The Bertz CT molecular complexity index is 1030. The molecule has 27 heavy (non-hydrogen) atoms. The van der Waals surface area contributed by atoms with Crippen molar-refractivity contribution in [1.29, 1.82) is 0 Å². The predicted octanol–water partition coefficient (Wildman–Crippen LogP) is 3.28. The molecule has 6 nitrogen and oxygen atoms in total. The molecule has 9 heteroatoms. The average molecular weight is 386 g/mol. The number of amidine groups is 1. The Morgan fingerprint density at radius 2 is 2.15 bits per heavy atom. The first-order valence-electron chi connectivity index (χ1n) is 8.21. The summed E-state index contributed by atoms with van der Waals surface area (Å²) in [4.78, 5) is 13.8. The van der Waals surface area contributed by atoms with Crippen LogP contribution < -0.4 is 11.1 Å². The SMILES string of the molecule is NCSc1cccc(C2C=CNC(c3cnc4cnc(C(F)F)cn34)=N2)c1. The van der Waals surface area contributed by atoms with Crippen molar-refractivity contribution >= 4 is 23.2 Å². The molecule has 0 spiro atoms. The number of imidazole rings is 1. The molecule has 1 aromatic carbocycles. The van der Waals surface area contributed by atoms with Gasteiger partial charge in [0, 0.05) is 23.2 Å². The zero-order valence-corrected chi connectivity index (χ0v) is 14.9. The Labute approximate surface area is 158 Å². The Morgan fingerprint density at radius 1 is 1.26 bits per heavy atom. The molecule has 0 radical (unpaired) electrons. The molecular weight excluding hydrogens is 370 g/mol. The number of nitrogens with two attached hydrogens (primary N) is 1. The van der Waals surface area contributed by atoms with Gasteiger partial charge < -0.3 is 11.1 Å². The smallest absolute Gasteiger partial charge is 0.281 e. The van der Waals surface area contributed by atoms with Gasteiger partial charge in [0.2, 0.25) is 0 Å². The van der Waals surface area contributed by atoms with Crippen LogP contribution in [0.15, 0.2) is 65.0 Å². The molecule has 0 bridgehead atoms. The Balaban J connectivity index is 1.71. The normalized spacial score (nSPS) is 16.6. The number of aliphatic imine (C=N–C) groups is 1. The second-order valence-electron chi connectivity index (χ2n) is 5.79. The first kappa shape index (κ1) is 17.6. The Kier molecular flexibility index (Phi) is 4.87. The summed E-state index contributed by atoms with van der Waals surface area (Å²) in [6.45, 7) is 0. The summed E-state index contributed by atoms with van der Waals surface area (Å²) in [5.74, 6) is 1.06. The van der Waals surface area contributed by atoms with Crippen LogP contribution >= 0.6 is 11.8 Å². The van der Waals surface area contributed by atoms with E-state index in [1.165, 1.54) is 12.4 Å². The fourth-order valence-electron chi connectivity index (χ4n) is 2.84. The number of halogens is 2. The number of aromatic nitrogens is 3. The zero-order chi connectivity index (χ0) is 18.8. The summed E-state index contributed by atoms with van der Waals surface area (Å²) in [6.07, 6.45) is 5.29. The van der Waals surface area contributed by atoms with Gasteiger partial charge in [0.05, 0.1) is 18.4 Å². The van der Waals surface area contributed by atoms with Crippen molar-refractivity contribution < 1.29 is 8.78 Å². The van der Waals surface area contributed by atoms with Crippen molar-refractivity contribution in [2.24, 2.45) is 10.7 Å². The van der Waals surface area contributed by atoms with E-state index in [1.54, 1.807) is 28.6 Å². The van der Waals surface area contributed by atoms with Crippen LogP contribution in [0.2, 0.25) is 0 Å². The fourth-order valence-corrected chi connectivity index (χ4v) is 3.43. The molecule has 0 fully saturated rings. The molecule has 138 valence electrons. The Hall–Kier alpha value is -2.78. The number of alkyl halides is 2. The van der Waals surface area contributed by atoms with E-state index in [-0.39, 0.29) is 11.7 Å². The van der Waals surface area contributed by atoms with E-state index in [9.17, 15) is 8.78 Å². The molecule has 3 aromatic rings. The summed E-state index contributed by atoms with van der Waals surface area (Å²) < 4.78 is 27.6. The van der Waals surface area contributed by atoms with Gasteiger partial charge in [-0.3, -0.25) is 9.39 Å². The van der Waals surface area contributed by atoms with E-state index in [0.717, 1.165) is 10.5 Å². The van der Waals surface area contributed by atoms with E-state index in [0.29, 0.717) is 23.1 Å². The number of rotatable bonds is 5. The third kappa shape index (κ3) is 3.56. The number of benzene rings is 1. The number of thioether (sulfide) groups is 1. The van der Waals surface area contributed by atoms with Crippen molar-refractivity contribution in [3.05, 3.63) is 72.1 Å². The fraction of sp³-hybridized carbons (Fsp3) is 0.167.